The molecule has 19 heavy (non-hydrogen) atoms. The summed E-state index contributed by atoms with van der Waals surface area (Å²) in [4.78, 5) is 13.2. The van der Waals surface area contributed by atoms with Crippen molar-refractivity contribution in [3.05, 3.63) is 51.8 Å². The van der Waals surface area contributed by atoms with Gasteiger partial charge in [-0.25, -0.2) is 9.97 Å². The van der Waals surface area contributed by atoms with Crippen molar-refractivity contribution in [2.24, 2.45) is 5.92 Å². The second-order valence-corrected chi connectivity index (χ2v) is 6.13. The minimum absolute atomic E-state index is 0.600. The van der Waals surface area contributed by atoms with Crippen molar-refractivity contribution in [3.8, 4) is 0 Å². The van der Waals surface area contributed by atoms with Gasteiger partial charge in [-0.15, -0.1) is 0 Å². The third-order valence-electron chi connectivity index (χ3n) is 3.63. The molecule has 2 atom stereocenters. The zero-order valence-corrected chi connectivity index (χ0v) is 12.7. The first-order valence-electron chi connectivity index (χ1n) is 6.54. The van der Waals surface area contributed by atoms with E-state index in [9.17, 15) is 0 Å². The molecule has 0 unspecified atom stereocenters. The lowest BCUT2D eigenvalue weighted by Gasteiger charge is -2.04. The Hall–Kier alpha value is -1.29. The van der Waals surface area contributed by atoms with E-state index >= 15 is 0 Å². The molecular formula is C15H16BrN3. The fourth-order valence-electron chi connectivity index (χ4n) is 2.43. The van der Waals surface area contributed by atoms with Gasteiger partial charge in [-0.1, -0.05) is 6.07 Å². The van der Waals surface area contributed by atoms with E-state index in [0.29, 0.717) is 11.8 Å². The number of halogens is 1. The van der Waals surface area contributed by atoms with Gasteiger partial charge in [0.1, 0.15) is 5.82 Å². The van der Waals surface area contributed by atoms with Crippen LogP contribution in [0.5, 0.6) is 0 Å². The highest BCUT2D eigenvalue weighted by molar-refractivity contribution is 9.10. The Labute approximate surface area is 121 Å². The average molecular weight is 318 g/mol. The van der Waals surface area contributed by atoms with Crippen molar-refractivity contribution in [2.45, 2.75) is 32.6 Å². The second-order valence-electron chi connectivity index (χ2n) is 5.28. The molecule has 0 amide bonds. The largest absolute Gasteiger partial charge is 0.261 e. The Bertz CT molecular complexity index is 595. The highest BCUT2D eigenvalue weighted by Crippen LogP contribution is 2.48. The third-order valence-corrected chi connectivity index (χ3v) is 4.29. The molecule has 0 bridgehead atoms. The molecule has 1 aliphatic carbocycles. The van der Waals surface area contributed by atoms with E-state index < -0.39 is 0 Å². The van der Waals surface area contributed by atoms with Crippen LogP contribution in [-0.4, -0.2) is 15.0 Å². The summed E-state index contributed by atoms with van der Waals surface area (Å²) < 4.78 is 1.01. The lowest BCUT2D eigenvalue weighted by molar-refractivity contribution is 0.749. The average Bonchev–Trinajstić information content (AvgIpc) is 3.14. The lowest BCUT2D eigenvalue weighted by atomic mass is 10.1. The summed E-state index contributed by atoms with van der Waals surface area (Å²) in [5.41, 5.74) is 3.56. The monoisotopic (exact) mass is 317 g/mol. The molecule has 0 N–H and O–H groups in total. The van der Waals surface area contributed by atoms with E-state index in [2.05, 4.69) is 49.9 Å². The Morgan fingerprint density at radius 1 is 1.21 bits per heavy atom. The summed E-state index contributed by atoms with van der Waals surface area (Å²) in [5.74, 6) is 2.10. The van der Waals surface area contributed by atoms with E-state index in [1.807, 2.05) is 19.3 Å². The van der Waals surface area contributed by atoms with E-state index in [1.165, 1.54) is 17.7 Å². The Kier molecular flexibility index (Phi) is 3.35. The van der Waals surface area contributed by atoms with Crippen LogP contribution in [0.1, 0.15) is 35.1 Å². The van der Waals surface area contributed by atoms with Gasteiger partial charge in [0.15, 0.2) is 0 Å². The zero-order valence-electron chi connectivity index (χ0n) is 11.1. The summed E-state index contributed by atoms with van der Waals surface area (Å²) in [7, 11) is 0. The molecule has 1 fully saturated rings. The standard InChI is InChI=1S/C15H16BrN3/c1-9-3-4-14(18-7-9)12-5-11(12)6-15-13(16)8-17-10(2)19-15/h3-4,7-8,11-12H,5-6H2,1-2H3/t11-,12-/m0/s1. The van der Waals surface area contributed by atoms with Gasteiger partial charge < -0.3 is 0 Å². The van der Waals surface area contributed by atoms with Gasteiger partial charge in [-0.3, -0.25) is 4.98 Å². The van der Waals surface area contributed by atoms with Gasteiger partial charge in [0.25, 0.3) is 0 Å². The van der Waals surface area contributed by atoms with Gasteiger partial charge in [-0.2, -0.15) is 0 Å². The summed E-state index contributed by atoms with van der Waals surface area (Å²) in [6, 6.07) is 4.29. The molecule has 1 aliphatic rings. The first kappa shape index (κ1) is 12.7. The molecule has 0 spiro atoms. The number of hydrogen-bond acceptors (Lipinski definition) is 3. The Morgan fingerprint density at radius 2 is 2.05 bits per heavy atom. The highest BCUT2D eigenvalue weighted by atomic mass is 79.9. The third kappa shape index (κ3) is 2.84. The van der Waals surface area contributed by atoms with Gasteiger partial charge in [0, 0.05) is 24.0 Å². The number of hydrogen-bond donors (Lipinski definition) is 0. The molecule has 0 aliphatic heterocycles. The second kappa shape index (κ2) is 5.00. The SMILES string of the molecule is Cc1ccc([C@H]2C[C@H]2Cc2nc(C)ncc2Br)nc1. The predicted molar refractivity (Wildman–Crippen MR) is 78.0 cm³/mol. The summed E-state index contributed by atoms with van der Waals surface area (Å²) in [6.45, 7) is 4.00. The highest BCUT2D eigenvalue weighted by Gasteiger charge is 2.39. The molecule has 0 radical (unpaired) electrons. The molecule has 1 saturated carbocycles. The topological polar surface area (TPSA) is 38.7 Å². The fraction of sp³-hybridized carbons (Fsp3) is 0.400. The molecule has 3 rings (SSSR count). The number of rotatable bonds is 3. The van der Waals surface area contributed by atoms with Crippen molar-refractivity contribution in [1.82, 2.24) is 15.0 Å². The number of aryl methyl sites for hydroxylation is 2. The normalized spacial score (nSPS) is 21.4. The van der Waals surface area contributed by atoms with Gasteiger partial charge in [-0.05, 0) is 60.2 Å². The van der Waals surface area contributed by atoms with Crippen molar-refractivity contribution in [1.29, 1.82) is 0 Å². The molecular weight excluding hydrogens is 302 g/mol. The van der Waals surface area contributed by atoms with Crippen LogP contribution in [0, 0.1) is 19.8 Å². The fourth-order valence-corrected chi connectivity index (χ4v) is 2.78. The van der Waals surface area contributed by atoms with Crippen molar-refractivity contribution in [3.63, 3.8) is 0 Å². The molecule has 2 aromatic rings. The summed E-state index contributed by atoms with van der Waals surface area (Å²) in [5, 5.41) is 0. The maximum atomic E-state index is 4.53. The minimum atomic E-state index is 0.600. The van der Waals surface area contributed by atoms with Crippen LogP contribution in [0.2, 0.25) is 0 Å². The van der Waals surface area contributed by atoms with Gasteiger partial charge >= 0.3 is 0 Å². The molecule has 0 aromatic carbocycles. The maximum Gasteiger partial charge on any atom is 0.125 e. The zero-order chi connectivity index (χ0) is 13.4. The van der Waals surface area contributed by atoms with Gasteiger partial charge in [0.05, 0.1) is 10.2 Å². The number of pyridine rings is 1. The summed E-state index contributed by atoms with van der Waals surface area (Å²) >= 11 is 3.53. The number of nitrogens with zero attached hydrogens (tertiary/aromatic N) is 3. The first-order valence-corrected chi connectivity index (χ1v) is 7.33. The Balaban J connectivity index is 1.70. The van der Waals surface area contributed by atoms with E-state index in [0.717, 1.165) is 22.4 Å². The minimum Gasteiger partial charge on any atom is -0.261 e. The van der Waals surface area contributed by atoms with Crippen LogP contribution >= 0.6 is 15.9 Å². The van der Waals surface area contributed by atoms with Crippen LogP contribution in [0.3, 0.4) is 0 Å². The molecule has 2 aromatic heterocycles. The number of aromatic nitrogens is 3. The van der Waals surface area contributed by atoms with E-state index in [1.54, 1.807) is 0 Å². The van der Waals surface area contributed by atoms with E-state index in [-0.39, 0.29) is 0 Å². The first-order chi connectivity index (χ1) is 9.13. The van der Waals surface area contributed by atoms with Crippen molar-refractivity contribution < 1.29 is 0 Å². The van der Waals surface area contributed by atoms with Crippen LogP contribution in [0.15, 0.2) is 29.0 Å². The molecule has 3 nitrogen and oxygen atoms in total. The van der Waals surface area contributed by atoms with E-state index in [4.69, 9.17) is 0 Å². The molecule has 2 heterocycles. The molecule has 4 heteroatoms. The van der Waals surface area contributed by atoms with Crippen LogP contribution in [0.25, 0.3) is 0 Å². The predicted octanol–water partition coefficient (Wildman–Crippen LogP) is 3.60. The quantitative estimate of drug-likeness (QED) is 0.868. The van der Waals surface area contributed by atoms with Gasteiger partial charge in [0.2, 0.25) is 0 Å². The lowest BCUT2D eigenvalue weighted by Crippen LogP contribution is -1.99. The smallest absolute Gasteiger partial charge is 0.125 e. The maximum absolute atomic E-state index is 4.53. The van der Waals surface area contributed by atoms with Crippen LogP contribution in [-0.2, 0) is 6.42 Å². The van der Waals surface area contributed by atoms with Crippen LogP contribution < -0.4 is 0 Å². The molecule has 0 saturated heterocycles. The van der Waals surface area contributed by atoms with Crippen molar-refractivity contribution in [2.75, 3.05) is 0 Å². The van der Waals surface area contributed by atoms with Crippen LogP contribution in [0.4, 0.5) is 0 Å². The Morgan fingerprint density at radius 3 is 2.79 bits per heavy atom. The van der Waals surface area contributed by atoms with Crippen molar-refractivity contribution >= 4 is 15.9 Å². The summed E-state index contributed by atoms with van der Waals surface area (Å²) in [6.07, 6.45) is 6.02. The molecule has 98 valence electrons.